The molecule has 0 aliphatic rings. The number of nitrogens with one attached hydrogen (secondary N) is 1. The molecule has 4 nitrogen and oxygen atoms in total. The summed E-state index contributed by atoms with van der Waals surface area (Å²) in [6.07, 6.45) is 3.36. The molecule has 1 heterocycles. The van der Waals surface area contributed by atoms with Crippen LogP contribution in [0.1, 0.15) is 5.56 Å². The second-order valence-corrected chi connectivity index (χ2v) is 6.01. The van der Waals surface area contributed by atoms with Gasteiger partial charge in [0, 0.05) is 29.0 Å². The molecule has 0 unspecified atom stereocenters. The first-order valence-corrected chi connectivity index (χ1v) is 7.76. The van der Waals surface area contributed by atoms with E-state index in [0.717, 1.165) is 5.56 Å². The van der Waals surface area contributed by atoms with Crippen LogP contribution >= 0.6 is 35.0 Å². The summed E-state index contributed by atoms with van der Waals surface area (Å²) < 4.78 is 1.64. The van der Waals surface area contributed by atoms with Crippen LogP contribution in [0.4, 0.5) is 5.69 Å². The summed E-state index contributed by atoms with van der Waals surface area (Å²) in [5.74, 6) is 0.956. The van der Waals surface area contributed by atoms with E-state index < -0.39 is 0 Å². The molecule has 0 saturated carbocycles. The smallest absolute Gasteiger partial charge is 0.234 e. The van der Waals surface area contributed by atoms with Gasteiger partial charge >= 0.3 is 0 Å². The van der Waals surface area contributed by atoms with Gasteiger partial charge in [-0.05, 0) is 17.7 Å². The van der Waals surface area contributed by atoms with Gasteiger partial charge in [0.1, 0.15) is 0 Å². The molecule has 106 valence electrons. The van der Waals surface area contributed by atoms with E-state index in [1.165, 1.54) is 11.8 Å². The number of benzene rings is 1. The van der Waals surface area contributed by atoms with E-state index in [1.807, 2.05) is 6.07 Å². The highest BCUT2D eigenvalue weighted by Crippen LogP contribution is 2.24. The summed E-state index contributed by atoms with van der Waals surface area (Å²) in [6.45, 7) is 0. The Bertz CT molecular complexity index is 615. The minimum atomic E-state index is -0.0620. The molecule has 2 rings (SSSR count). The second kappa shape index (κ2) is 7.02. The van der Waals surface area contributed by atoms with Crippen molar-refractivity contribution in [3.8, 4) is 0 Å². The van der Waals surface area contributed by atoms with Gasteiger partial charge in [0.25, 0.3) is 0 Å². The molecular formula is C13H13Cl2N3OS. The standard InChI is InChI=1S/C13H13Cl2N3OS/c1-18-6-11(5-16-18)17-13(19)8-20-7-9-2-3-10(14)4-12(9)15/h2-6H,7-8H2,1H3,(H,17,19). The van der Waals surface area contributed by atoms with Crippen LogP contribution < -0.4 is 5.32 Å². The minimum Gasteiger partial charge on any atom is -0.323 e. The molecule has 0 aliphatic heterocycles. The summed E-state index contributed by atoms with van der Waals surface area (Å²) in [6, 6.07) is 5.37. The first kappa shape index (κ1) is 15.2. The molecule has 1 N–H and O–H groups in total. The molecule has 1 amide bonds. The molecule has 0 fully saturated rings. The van der Waals surface area contributed by atoms with Crippen molar-refractivity contribution in [2.75, 3.05) is 11.1 Å². The molecule has 1 aromatic carbocycles. The number of aromatic nitrogens is 2. The Morgan fingerprint density at radius 2 is 2.25 bits per heavy atom. The number of amides is 1. The Labute approximate surface area is 131 Å². The highest BCUT2D eigenvalue weighted by molar-refractivity contribution is 7.99. The van der Waals surface area contributed by atoms with Gasteiger partial charge in [-0.2, -0.15) is 5.10 Å². The van der Waals surface area contributed by atoms with Gasteiger partial charge in [-0.1, -0.05) is 29.3 Å². The van der Waals surface area contributed by atoms with Crippen LogP contribution in [-0.4, -0.2) is 21.4 Å². The van der Waals surface area contributed by atoms with Gasteiger partial charge in [-0.3, -0.25) is 9.48 Å². The maximum absolute atomic E-state index is 11.7. The summed E-state index contributed by atoms with van der Waals surface area (Å²) in [4.78, 5) is 11.7. The average Bonchev–Trinajstić information content (AvgIpc) is 2.77. The Hall–Kier alpha value is -1.17. The van der Waals surface area contributed by atoms with E-state index in [0.29, 0.717) is 27.2 Å². The van der Waals surface area contributed by atoms with Gasteiger partial charge in [-0.15, -0.1) is 11.8 Å². The number of carbonyl (C=O) groups is 1. The molecule has 0 saturated heterocycles. The van der Waals surface area contributed by atoms with Crippen LogP contribution in [0.25, 0.3) is 0 Å². The predicted octanol–water partition coefficient (Wildman–Crippen LogP) is 3.60. The lowest BCUT2D eigenvalue weighted by Crippen LogP contribution is -2.13. The fourth-order valence-electron chi connectivity index (χ4n) is 1.58. The third-order valence-electron chi connectivity index (χ3n) is 2.49. The first-order valence-electron chi connectivity index (χ1n) is 5.85. The molecule has 0 aliphatic carbocycles. The van der Waals surface area contributed by atoms with Crippen LogP contribution in [-0.2, 0) is 17.6 Å². The normalized spacial score (nSPS) is 10.6. The highest BCUT2D eigenvalue weighted by Gasteiger charge is 2.06. The maximum Gasteiger partial charge on any atom is 0.234 e. The Morgan fingerprint density at radius 1 is 1.45 bits per heavy atom. The van der Waals surface area contributed by atoms with Gasteiger partial charge < -0.3 is 5.32 Å². The zero-order chi connectivity index (χ0) is 14.5. The number of thioether (sulfide) groups is 1. The van der Waals surface area contributed by atoms with Crippen LogP contribution in [0.5, 0.6) is 0 Å². The molecular weight excluding hydrogens is 317 g/mol. The molecule has 0 bridgehead atoms. The number of anilines is 1. The number of halogens is 2. The van der Waals surface area contributed by atoms with Crippen molar-refractivity contribution in [2.24, 2.45) is 7.05 Å². The zero-order valence-corrected chi connectivity index (χ0v) is 13.1. The summed E-state index contributed by atoms with van der Waals surface area (Å²) in [5, 5.41) is 7.99. The summed E-state index contributed by atoms with van der Waals surface area (Å²) in [5.41, 5.74) is 1.66. The third-order valence-corrected chi connectivity index (χ3v) is 4.06. The van der Waals surface area contributed by atoms with Gasteiger partial charge in [-0.25, -0.2) is 0 Å². The Kier molecular flexibility index (Phi) is 5.34. The number of hydrogen-bond acceptors (Lipinski definition) is 3. The van der Waals surface area contributed by atoms with E-state index in [4.69, 9.17) is 23.2 Å². The lowest BCUT2D eigenvalue weighted by atomic mass is 10.2. The molecule has 1 aromatic heterocycles. The minimum absolute atomic E-state index is 0.0620. The molecule has 20 heavy (non-hydrogen) atoms. The third kappa shape index (κ3) is 4.44. The van der Waals surface area contributed by atoms with Crippen molar-refractivity contribution in [3.05, 3.63) is 46.2 Å². The highest BCUT2D eigenvalue weighted by atomic mass is 35.5. The number of nitrogens with zero attached hydrogens (tertiary/aromatic N) is 2. The maximum atomic E-state index is 11.7. The monoisotopic (exact) mass is 329 g/mol. The van der Waals surface area contributed by atoms with Crippen molar-refractivity contribution in [1.82, 2.24) is 9.78 Å². The topological polar surface area (TPSA) is 46.9 Å². The van der Waals surface area contributed by atoms with Crippen molar-refractivity contribution in [2.45, 2.75) is 5.75 Å². The largest absolute Gasteiger partial charge is 0.323 e. The van der Waals surface area contributed by atoms with E-state index in [2.05, 4.69) is 10.4 Å². The SMILES string of the molecule is Cn1cc(NC(=O)CSCc2ccc(Cl)cc2Cl)cn1. The van der Waals surface area contributed by atoms with E-state index in [9.17, 15) is 4.79 Å². The molecule has 0 spiro atoms. The van der Waals surface area contributed by atoms with Crippen molar-refractivity contribution in [1.29, 1.82) is 0 Å². The van der Waals surface area contributed by atoms with E-state index in [-0.39, 0.29) is 5.91 Å². The van der Waals surface area contributed by atoms with E-state index >= 15 is 0 Å². The fraction of sp³-hybridized carbons (Fsp3) is 0.231. The lowest BCUT2D eigenvalue weighted by Gasteiger charge is -2.05. The predicted molar refractivity (Wildman–Crippen MR) is 84.5 cm³/mol. The number of hydrogen-bond donors (Lipinski definition) is 1. The Morgan fingerprint density at radius 3 is 2.90 bits per heavy atom. The lowest BCUT2D eigenvalue weighted by molar-refractivity contribution is -0.113. The van der Waals surface area contributed by atoms with Crippen LogP contribution in [0, 0.1) is 0 Å². The first-order chi connectivity index (χ1) is 9.54. The van der Waals surface area contributed by atoms with Gasteiger partial charge in [0.2, 0.25) is 5.91 Å². The molecule has 2 aromatic rings. The summed E-state index contributed by atoms with van der Waals surface area (Å²) in [7, 11) is 1.80. The van der Waals surface area contributed by atoms with Crippen LogP contribution in [0.3, 0.4) is 0 Å². The van der Waals surface area contributed by atoms with E-state index in [1.54, 1.807) is 36.3 Å². The van der Waals surface area contributed by atoms with Crippen molar-refractivity contribution >= 4 is 46.6 Å². The van der Waals surface area contributed by atoms with Crippen LogP contribution in [0.15, 0.2) is 30.6 Å². The van der Waals surface area contributed by atoms with Crippen molar-refractivity contribution < 1.29 is 4.79 Å². The van der Waals surface area contributed by atoms with Crippen molar-refractivity contribution in [3.63, 3.8) is 0 Å². The average molecular weight is 330 g/mol. The van der Waals surface area contributed by atoms with Gasteiger partial charge in [0.05, 0.1) is 17.6 Å². The zero-order valence-electron chi connectivity index (χ0n) is 10.8. The molecule has 0 atom stereocenters. The van der Waals surface area contributed by atoms with Gasteiger partial charge in [0.15, 0.2) is 0 Å². The second-order valence-electron chi connectivity index (χ2n) is 4.18. The number of aryl methyl sites for hydroxylation is 1. The molecule has 7 heteroatoms. The summed E-state index contributed by atoms with van der Waals surface area (Å²) >= 11 is 13.4. The Balaban J connectivity index is 1.79. The molecule has 0 radical (unpaired) electrons. The quantitative estimate of drug-likeness (QED) is 0.911. The number of rotatable bonds is 5. The fourth-order valence-corrected chi connectivity index (χ4v) is 2.96. The van der Waals surface area contributed by atoms with Crippen LogP contribution in [0.2, 0.25) is 10.0 Å². The number of carbonyl (C=O) groups excluding carboxylic acids is 1.